The van der Waals surface area contributed by atoms with Crippen LogP contribution in [-0.4, -0.2) is 10.9 Å². The highest BCUT2D eigenvalue weighted by Gasteiger charge is 2.12. The summed E-state index contributed by atoms with van der Waals surface area (Å²) in [6.45, 7) is 8.16. The van der Waals surface area contributed by atoms with Gasteiger partial charge < -0.3 is 10.6 Å². The molecule has 2 N–H and O–H groups in total. The summed E-state index contributed by atoms with van der Waals surface area (Å²) in [7, 11) is 0. The Morgan fingerprint density at radius 3 is 2.27 bits per heavy atom. The van der Waals surface area contributed by atoms with Crippen LogP contribution >= 0.6 is 12.2 Å². The first-order valence-electron chi connectivity index (χ1n) is 9.23. The Labute approximate surface area is 162 Å². The molecule has 2 aromatic rings. The number of benzene rings is 2. The van der Waals surface area contributed by atoms with Crippen LogP contribution in [0.25, 0.3) is 0 Å². The second-order valence-electron chi connectivity index (χ2n) is 6.67. The zero-order valence-electron chi connectivity index (χ0n) is 16.0. The highest BCUT2D eigenvalue weighted by atomic mass is 32.1. The van der Waals surface area contributed by atoms with E-state index in [9.17, 15) is 4.79 Å². The molecule has 138 valence electrons. The fourth-order valence-electron chi connectivity index (χ4n) is 2.86. The maximum absolute atomic E-state index is 11.5. The third-order valence-electron chi connectivity index (χ3n) is 4.76. The van der Waals surface area contributed by atoms with Crippen molar-refractivity contribution in [2.45, 2.75) is 52.5 Å². The van der Waals surface area contributed by atoms with Crippen LogP contribution in [0.15, 0.2) is 48.5 Å². The molecule has 0 heterocycles. The molecule has 0 fully saturated rings. The largest absolute Gasteiger partial charge is 0.356 e. The minimum absolute atomic E-state index is 0.0420. The van der Waals surface area contributed by atoms with Crippen LogP contribution in [0.2, 0.25) is 0 Å². The van der Waals surface area contributed by atoms with Crippen LogP contribution in [0.3, 0.4) is 0 Å². The molecule has 2 atom stereocenters. The van der Waals surface area contributed by atoms with Gasteiger partial charge in [-0.3, -0.25) is 4.79 Å². The molecule has 0 aromatic heterocycles. The molecule has 2 unspecified atom stereocenters. The molecule has 0 saturated carbocycles. The summed E-state index contributed by atoms with van der Waals surface area (Å²) in [5.74, 6) is 0.619. The highest BCUT2D eigenvalue weighted by Crippen LogP contribution is 2.23. The molecule has 0 aliphatic heterocycles. The minimum Gasteiger partial charge on any atom is -0.356 e. The fraction of sp³-hybridized carbons (Fsp3) is 0.364. The van der Waals surface area contributed by atoms with Crippen molar-refractivity contribution in [2.24, 2.45) is 0 Å². The second kappa shape index (κ2) is 9.48. The molecule has 0 radical (unpaired) electrons. The first kappa shape index (κ1) is 20.1. The number of hydrogen-bond acceptors (Lipinski definition) is 2. The van der Waals surface area contributed by atoms with Crippen molar-refractivity contribution in [2.75, 3.05) is 5.32 Å². The molecule has 0 aliphatic carbocycles. The number of carbonyl (C=O) groups is 1. The van der Waals surface area contributed by atoms with Crippen molar-refractivity contribution in [3.05, 3.63) is 65.2 Å². The first-order valence-corrected chi connectivity index (χ1v) is 9.63. The van der Waals surface area contributed by atoms with Gasteiger partial charge in [0, 0.05) is 11.3 Å². The monoisotopic (exact) mass is 368 g/mol. The van der Waals surface area contributed by atoms with Gasteiger partial charge in [0.1, 0.15) is 0 Å². The predicted octanol–water partition coefficient (Wildman–Crippen LogP) is 5.84. The van der Waals surface area contributed by atoms with Gasteiger partial charge in [-0.2, -0.15) is 0 Å². The van der Waals surface area contributed by atoms with Crippen molar-refractivity contribution >= 4 is 28.8 Å². The van der Waals surface area contributed by atoms with Crippen molar-refractivity contribution in [3.63, 3.8) is 0 Å². The van der Waals surface area contributed by atoms with E-state index < -0.39 is 0 Å². The van der Waals surface area contributed by atoms with Crippen LogP contribution < -0.4 is 10.6 Å². The average molecular weight is 369 g/mol. The molecule has 0 amide bonds. The third-order valence-corrected chi connectivity index (χ3v) is 4.98. The molecule has 0 saturated heterocycles. The zero-order valence-corrected chi connectivity index (χ0v) is 16.8. The zero-order chi connectivity index (χ0) is 19.1. The molecule has 26 heavy (non-hydrogen) atoms. The van der Waals surface area contributed by atoms with E-state index >= 15 is 0 Å². The number of hydrogen-bond donors (Lipinski definition) is 2. The van der Waals surface area contributed by atoms with Crippen molar-refractivity contribution in [3.8, 4) is 0 Å². The maximum atomic E-state index is 11.5. The Hall–Kier alpha value is -2.20. The fourth-order valence-corrected chi connectivity index (χ4v) is 3.12. The summed E-state index contributed by atoms with van der Waals surface area (Å²) < 4.78 is 0. The first-order chi connectivity index (χ1) is 12.4. The van der Waals surface area contributed by atoms with Gasteiger partial charge in [0.05, 0.1) is 6.04 Å². The summed E-state index contributed by atoms with van der Waals surface area (Å²) in [5.41, 5.74) is 4.08. The normalized spacial score (nSPS) is 12.9. The number of thiocarbonyl (C=S) groups is 1. The van der Waals surface area contributed by atoms with E-state index in [1.54, 1.807) is 13.0 Å². The summed E-state index contributed by atoms with van der Waals surface area (Å²) in [5, 5.41) is 7.12. The van der Waals surface area contributed by atoms with E-state index in [0.29, 0.717) is 16.6 Å². The Balaban J connectivity index is 2.04. The van der Waals surface area contributed by atoms with Gasteiger partial charge in [-0.25, -0.2) is 0 Å². The van der Waals surface area contributed by atoms with E-state index in [-0.39, 0.29) is 11.8 Å². The maximum Gasteiger partial charge on any atom is 0.171 e. The van der Waals surface area contributed by atoms with Gasteiger partial charge >= 0.3 is 0 Å². The number of carbonyl (C=O) groups excluding carboxylic acids is 1. The van der Waals surface area contributed by atoms with E-state index in [2.05, 4.69) is 55.7 Å². The van der Waals surface area contributed by atoms with E-state index in [4.69, 9.17) is 12.2 Å². The molecule has 3 nitrogen and oxygen atoms in total. The minimum atomic E-state index is 0.0420. The van der Waals surface area contributed by atoms with Crippen molar-refractivity contribution in [1.29, 1.82) is 0 Å². The number of nitrogens with one attached hydrogen (secondary N) is 2. The third kappa shape index (κ3) is 5.40. The lowest BCUT2D eigenvalue weighted by atomic mass is 9.95. The van der Waals surface area contributed by atoms with E-state index in [1.807, 2.05) is 18.2 Å². The average Bonchev–Trinajstić information content (AvgIpc) is 2.65. The molecule has 2 aromatic carbocycles. The molecular formula is C22H28N2OS. The summed E-state index contributed by atoms with van der Waals surface area (Å²) in [6.07, 6.45) is 2.07. The molecule has 0 aliphatic rings. The number of ketones is 1. The summed E-state index contributed by atoms with van der Waals surface area (Å²) >= 11 is 5.47. The van der Waals surface area contributed by atoms with Gasteiger partial charge in [-0.15, -0.1) is 0 Å². The molecule has 0 spiro atoms. The SMILES string of the molecule is CCC(C)c1ccc(C(CC)NC(=S)Nc2cccc(C(C)=O)c2)cc1. The van der Waals surface area contributed by atoms with Crippen LogP contribution in [0.1, 0.15) is 74.0 Å². The van der Waals surface area contributed by atoms with Gasteiger partial charge in [0.25, 0.3) is 0 Å². The summed E-state index contributed by atoms with van der Waals surface area (Å²) in [6, 6.07) is 16.3. The lowest BCUT2D eigenvalue weighted by molar-refractivity contribution is 0.101. The Bertz CT molecular complexity index is 755. The second-order valence-corrected chi connectivity index (χ2v) is 7.08. The Kier molecular flexibility index (Phi) is 7.34. The van der Waals surface area contributed by atoms with E-state index in [0.717, 1.165) is 18.5 Å². The predicted molar refractivity (Wildman–Crippen MR) is 114 cm³/mol. The highest BCUT2D eigenvalue weighted by molar-refractivity contribution is 7.80. The van der Waals surface area contributed by atoms with Crippen LogP contribution in [0, 0.1) is 0 Å². The van der Waals surface area contributed by atoms with Crippen molar-refractivity contribution < 1.29 is 4.79 Å². The molecule has 2 rings (SSSR count). The standard InChI is InChI=1S/C22H28N2OS/c1-5-15(3)17-10-12-18(13-11-17)21(6-2)24-22(26)23-20-9-7-8-19(14-20)16(4)25/h7-15,21H,5-6H2,1-4H3,(H2,23,24,26). The smallest absolute Gasteiger partial charge is 0.171 e. The van der Waals surface area contributed by atoms with Gasteiger partial charge in [0.2, 0.25) is 0 Å². The topological polar surface area (TPSA) is 41.1 Å². The Morgan fingerprint density at radius 1 is 1.04 bits per heavy atom. The number of anilines is 1. The summed E-state index contributed by atoms with van der Waals surface area (Å²) in [4.78, 5) is 11.5. The quantitative estimate of drug-likeness (QED) is 0.476. The lowest BCUT2D eigenvalue weighted by Crippen LogP contribution is -2.32. The lowest BCUT2D eigenvalue weighted by Gasteiger charge is -2.21. The number of Topliss-reactive ketones (excluding diaryl/α,β-unsaturated/α-hetero) is 1. The van der Waals surface area contributed by atoms with Crippen LogP contribution in [0.4, 0.5) is 5.69 Å². The molecule has 0 bridgehead atoms. The molecule has 4 heteroatoms. The number of rotatable bonds is 7. The van der Waals surface area contributed by atoms with Crippen molar-refractivity contribution in [1.82, 2.24) is 5.32 Å². The van der Waals surface area contributed by atoms with Crippen LogP contribution in [-0.2, 0) is 0 Å². The van der Waals surface area contributed by atoms with Crippen LogP contribution in [0.5, 0.6) is 0 Å². The van der Waals surface area contributed by atoms with E-state index in [1.165, 1.54) is 11.1 Å². The van der Waals surface area contributed by atoms with Gasteiger partial charge in [-0.05, 0) is 61.2 Å². The van der Waals surface area contributed by atoms with Gasteiger partial charge in [0.15, 0.2) is 10.9 Å². The molecular weight excluding hydrogens is 340 g/mol. The van der Waals surface area contributed by atoms with Gasteiger partial charge in [-0.1, -0.05) is 57.2 Å². The Morgan fingerprint density at radius 2 is 1.69 bits per heavy atom.